The highest BCUT2D eigenvalue weighted by molar-refractivity contribution is 9.09. The van der Waals surface area contributed by atoms with Crippen LogP contribution in [-0.2, 0) is 9.53 Å². The van der Waals surface area contributed by atoms with Gasteiger partial charge in [0.25, 0.3) is 0 Å². The molecule has 0 rings (SSSR count). The summed E-state index contributed by atoms with van der Waals surface area (Å²) in [4.78, 5) is 11.0. The van der Waals surface area contributed by atoms with Gasteiger partial charge in [0.15, 0.2) is 0 Å². The lowest BCUT2D eigenvalue weighted by molar-refractivity contribution is -0.143. The topological polar surface area (TPSA) is 26.3 Å². The molecule has 0 aromatic heterocycles. The molecule has 0 fully saturated rings. The molecule has 102 valence electrons. The van der Waals surface area contributed by atoms with E-state index < -0.39 is 0 Å². The van der Waals surface area contributed by atoms with Gasteiger partial charge in [-0.3, -0.25) is 4.79 Å². The number of carbonyl (C=O) groups excluding carboxylic acids is 1. The Morgan fingerprint density at radius 2 is 1.47 bits per heavy atom. The van der Waals surface area contributed by atoms with Crippen LogP contribution >= 0.6 is 15.9 Å². The third-order valence-electron chi connectivity index (χ3n) is 2.81. The van der Waals surface area contributed by atoms with E-state index in [0.717, 1.165) is 6.42 Å². The third kappa shape index (κ3) is 13.9. The monoisotopic (exact) mass is 306 g/mol. The second kappa shape index (κ2) is 14.0. The molecule has 0 saturated carbocycles. The maximum Gasteiger partial charge on any atom is 0.306 e. The Bertz CT molecular complexity index is 172. The molecule has 0 aromatic carbocycles. The van der Waals surface area contributed by atoms with Crippen molar-refractivity contribution in [2.75, 3.05) is 11.9 Å². The summed E-state index contributed by atoms with van der Waals surface area (Å²) in [6.45, 7) is 2.85. The molecule has 0 aliphatic rings. The molecule has 0 amide bonds. The van der Waals surface area contributed by atoms with Gasteiger partial charge in [-0.05, 0) is 6.42 Å². The average molecular weight is 307 g/mol. The maximum atomic E-state index is 11.0. The van der Waals surface area contributed by atoms with Crippen molar-refractivity contribution in [2.24, 2.45) is 0 Å². The molecule has 0 aromatic rings. The second-order valence-corrected chi connectivity index (χ2v) is 5.28. The van der Waals surface area contributed by atoms with E-state index in [2.05, 4.69) is 22.9 Å². The van der Waals surface area contributed by atoms with Crippen LogP contribution in [0.3, 0.4) is 0 Å². The number of alkyl halides is 1. The summed E-state index contributed by atoms with van der Waals surface area (Å²) in [5.74, 6) is -0.0820. The Balaban J connectivity index is 3.01. The number of rotatable bonds is 12. The van der Waals surface area contributed by atoms with Crippen LogP contribution in [0.25, 0.3) is 0 Å². The largest absolute Gasteiger partial charge is 0.466 e. The maximum absolute atomic E-state index is 11.0. The first-order valence-electron chi connectivity index (χ1n) is 7.02. The van der Waals surface area contributed by atoms with Crippen molar-refractivity contribution in [3.8, 4) is 0 Å². The zero-order valence-electron chi connectivity index (χ0n) is 11.2. The summed E-state index contributed by atoms with van der Waals surface area (Å²) in [6, 6.07) is 0. The van der Waals surface area contributed by atoms with Gasteiger partial charge in [0.05, 0.1) is 13.0 Å². The van der Waals surface area contributed by atoms with E-state index in [0.29, 0.717) is 18.4 Å². The van der Waals surface area contributed by atoms with E-state index in [4.69, 9.17) is 4.74 Å². The molecule has 2 nitrogen and oxygen atoms in total. The van der Waals surface area contributed by atoms with Crippen molar-refractivity contribution >= 4 is 21.9 Å². The summed E-state index contributed by atoms with van der Waals surface area (Å²) in [5, 5.41) is 0.698. The third-order valence-corrected chi connectivity index (χ3v) is 3.21. The van der Waals surface area contributed by atoms with Gasteiger partial charge in [-0.15, -0.1) is 0 Å². The molecule has 0 aliphatic heterocycles. The minimum atomic E-state index is -0.0820. The smallest absolute Gasteiger partial charge is 0.306 e. The highest BCUT2D eigenvalue weighted by Crippen LogP contribution is 2.09. The molecule has 0 bridgehead atoms. The highest BCUT2D eigenvalue weighted by atomic mass is 79.9. The van der Waals surface area contributed by atoms with Gasteiger partial charge in [-0.1, -0.05) is 74.2 Å². The molecule has 0 aliphatic carbocycles. The zero-order chi connectivity index (χ0) is 12.8. The first-order valence-corrected chi connectivity index (χ1v) is 8.15. The number of halogens is 1. The first kappa shape index (κ1) is 16.9. The zero-order valence-corrected chi connectivity index (χ0v) is 12.8. The van der Waals surface area contributed by atoms with Crippen molar-refractivity contribution < 1.29 is 9.53 Å². The Hall–Kier alpha value is -0.0500. The predicted octanol–water partition coefficient (Wildman–Crippen LogP) is 4.85. The van der Waals surface area contributed by atoms with E-state index in [1.54, 1.807) is 0 Å². The van der Waals surface area contributed by atoms with Crippen LogP contribution in [-0.4, -0.2) is 17.9 Å². The van der Waals surface area contributed by atoms with Crippen LogP contribution in [0.2, 0.25) is 0 Å². The molecular weight excluding hydrogens is 280 g/mol. The lowest BCUT2D eigenvalue weighted by Crippen LogP contribution is -2.05. The van der Waals surface area contributed by atoms with Crippen molar-refractivity contribution in [1.29, 1.82) is 0 Å². The molecule has 0 N–H and O–H groups in total. The van der Waals surface area contributed by atoms with Crippen molar-refractivity contribution in [1.82, 2.24) is 0 Å². The van der Waals surface area contributed by atoms with Gasteiger partial charge in [0, 0.05) is 5.33 Å². The number of ether oxygens (including phenoxy) is 1. The minimum Gasteiger partial charge on any atom is -0.466 e. The molecule has 0 unspecified atom stereocenters. The normalized spacial score (nSPS) is 10.5. The number of esters is 1. The van der Waals surface area contributed by atoms with E-state index >= 15 is 0 Å². The minimum absolute atomic E-state index is 0.0820. The van der Waals surface area contributed by atoms with E-state index in [9.17, 15) is 4.79 Å². The molecule has 0 saturated heterocycles. The Labute approximate surface area is 115 Å². The molecule has 0 radical (unpaired) electrons. The molecule has 0 heterocycles. The van der Waals surface area contributed by atoms with Gasteiger partial charge >= 0.3 is 5.97 Å². The number of hydrogen-bond acceptors (Lipinski definition) is 2. The van der Waals surface area contributed by atoms with Gasteiger partial charge in [0.1, 0.15) is 0 Å². The Morgan fingerprint density at radius 3 is 2.00 bits per heavy atom. The first-order chi connectivity index (χ1) is 8.31. The molecule has 0 atom stereocenters. The Kier molecular flexibility index (Phi) is 14.0. The van der Waals surface area contributed by atoms with Gasteiger partial charge in [-0.2, -0.15) is 0 Å². The van der Waals surface area contributed by atoms with Gasteiger partial charge in [-0.25, -0.2) is 0 Å². The standard InChI is InChI=1S/C14H27BrO2/c1-2-3-4-5-6-7-8-9-10-13-17-14(16)11-12-15/h2-13H2,1H3. The van der Waals surface area contributed by atoms with Crippen LogP contribution in [0.15, 0.2) is 0 Å². The fourth-order valence-corrected chi connectivity index (χ4v) is 2.07. The SMILES string of the molecule is CCCCCCCCCCCOC(=O)CCBr. The Morgan fingerprint density at radius 1 is 0.941 bits per heavy atom. The summed E-state index contributed by atoms with van der Waals surface area (Å²) in [7, 11) is 0. The number of carbonyl (C=O) groups is 1. The number of hydrogen-bond donors (Lipinski definition) is 0. The van der Waals surface area contributed by atoms with Crippen LogP contribution in [0.5, 0.6) is 0 Å². The predicted molar refractivity (Wildman–Crippen MR) is 76.6 cm³/mol. The van der Waals surface area contributed by atoms with E-state index in [-0.39, 0.29) is 5.97 Å². The lowest BCUT2D eigenvalue weighted by Gasteiger charge is -2.04. The van der Waals surface area contributed by atoms with Gasteiger partial charge < -0.3 is 4.74 Å². The summed E-state index contributed by atoms with van der Waals surface area (Å²) in [5.41, 5.74) is 0. The highest BCUT2D eigenvalue weighted by Gasteiger charge is 2.00. The molecule has 17 heavy (non-hydrogen) atoms. The summed E-state index contributed by atoms with van der Waals surface area (Å²) < 4.78 is 5.07. The second-order valence-electron chi connectivity index (χ2n) is 4.49. The van der Waals surface area contributed by atoms with Crippen molar-refractivity contribution in [3.05, 3.63) is 0 Å². The lowest BCUT2D eigenvalue weighted by atomic mass is 10.1. The van der Waals surface area contributed by atoms with Crippen LogP contribution < -0.4 is 0 Å². The molecular formula is C14H27BrO2. The quantitative estimate of drug-likeness (QED) is 0.293. The van der Waals surface area contributed by atoms with Gasteiger partial charge in [0.2, 0.25) is 0 Å². The summed E-state index contributed by atoms with van der Waals surface area (Å²) >= 11 is 3.22. The fraction of sp³-hybridized carbons (Fsp3) is 0.929. The van der Waals surface area contributed by atoms with Crippen LogP contribution in [0.4, 0.5) is 0 Å². The number of unbranched alkanes of at least 4 members (excludes halogenated alkanes) is 8. The van der Waals surface area contributed by atoms with Crippen molar-refractivity contribution in [3.63, 3.8) is 0 Å². The fourth-order valence-electron chi connectivity index (χ4n) is 1.75. The molecule has 3 heteroatoms. The van der Waals surface area contributed by atoms with Crippen LogP contribution in [0, 0.1) is 0 Å². The van der Waals surface area contributed by atoms with Crippen LogP contribution in [0.1, 0.15) is 71.1 Å². The molecule has 0 spiro atoms. The van der Waals surface area contributed by atoms with E-state index in [1.165, 1.54) is 51.4 Å². The van der Waals surface area contributed by atoms with Crippen molar-refractivity contribution in [2.45, 2.75) is 71.1 Å². The van der Waals surface area contributed by atoms with E-state index in [1.807, 2.05) is 0 Å². The summed E-state index contributed by atoms with van der Waals surface area (Å²) in [6.07, 6.45) is 12.1. The average Bonchev–Trinajstić information content (AvgIpc) is 2.32.